The van der Waals surface area contributed by atoms with Crippen molar-refractivity contribution in [3.05, 3.63) is 71.6 Å². The van der Waals surface area contributed by atoms with Crippen LogP contribution in [-0.4, -0.2) is 31.9 Å². The summed E-state index contributed by atoms with van der Waals surface area (Å²) in [6.45, 7) is 4.59. The minimum Gasteiger partial charge on any atom is -0.497 e. The topological polar surface area (TPSA) is 82.8 Å². The van der Waals surface area contributed by atoms with Gasteiger partial charge in [-0.25, -0.2) is 4.98 Å². The number of ether oxygens (including phenoxy) is 1. The second kappa shape index (κ2) is 11.1. The highest BCUT2D eigenvalue weighted by molar-refractivity contribution is 7.62. The number of nitrogens with zero attached hydrogens (tertiary/aromatic N) is 1. The van der Waals surface area contributed by atoms with Gasteiger partial charge in [0.05, 0.1) is 20.3 Å². The molecule has 1 heterocycles. The Bertz CT molecular complexity index is 979. The number of hydrogen-bond acceptors (Lipinski definition) is 7. The lowest BCUT2D eigenvalue weighted by Crippen LogP contribution is -2.18. The largest absolute Gasteiger partial charge is 0.497 e. The zero-order valence-corrected chi connectivity index (χ0v) is 19.1. The number of rotatable bonds is 12. The van der Waals surface area contributed by atoms with Gasteiger partial charge in [0.15, 0.2) is 0 Å². The van der Waals surface area contributed by atoms with Crippen LogP contribution in [0.5, 0.6) is 5.75 Å². The highest BCUT2D eigenvalue weighted by Crippen LogP contribution is 2.48. The van der Waals surface area contributed by atoms with Crippen molar-refractivity contribution in [1.82, 2.24) is 4.98 Å². The summed E-state index contributed by atoms with van der Waals surface area (Å²) < 4.78 is 35.6. The van der Waals surface area contributed by atoms with Crippen LogP contribution >= 0.6 is 7.60 Å². The van der Waals surface area contributed by atoms with E-state index in [0.29, 0.717) is 24.7 Å². The lowest BCUT2D eigenvalue weighted by Gasteiger charge is -2.15. The smallest absolute Gasteiger partial charge is 0.385 e. The third-order valence-electron chi connectivity index (χ3n) is 4.57. The Balaban J connectivity index is 1.80. The molecule has 0 saturated carbocycles. The van der Waals surface area contributed by atoms with E-state index >= 15 is 0 Å². The van der Waals surface area contributed by atoms with E-state index in [1.54, 1.807) is 21.0 Å². The van der Waals surface area contributed by atoms with Crippen molar-refractivity contribution in [3.63, 3.8) is 0 Å². The molecule has 3 rings (SSSR count). The number of oxazole rings is 1. The summed E-state index contributed by atoms with van der Waals surface area (Å²) in [5, 5.41) is 3.23. The normalized spacial score (nSPS) is 11.5. The fraction of sp³-hybridized carbons (Fsp3) is 0.348. The van der Waals surface area contributed by atoms with Gasteiger partial charge in [0.2, 0.25) is 17.2 Å². The van der Waals surface area contributed by atoms with Gasteiger partial charge in [0.1, 0.15) is 5.75 Å². The molecule has 0 radical (unpaired) electrons. The van der Waals surface area contributed by atoms with E-state index in [0.717, 1.165) is 23.3 Å². The number of nitrogens with one attached hydrogen (secondary N) is 1. The van der Waals surface area contributed by atoms with Crippen LogP contribution in [0.15, 0.2) is 59.0 Å². The third-order valence-corrected chi connectivity index (χ3v) is 6.59. The maximum Gasteiger partial charge on any atom is 0.385 e. The van der Waals surface area contributed by atoms with Crippen LogP contribution in [0.25, 0.3) is 0 Å². The van der Waals surface area contributed by atoms with Gasteiger partial charge in [-0.05, 0) is 43.5 Å². The first-order valence-electron chi connectivity index (χ1n) is 10.4. The number of hydrogen-bond donors (Lipinski definition) is 1. The van der Waals surface area contributed by atoms with Crippen LogP contribution in [0, 0.1) is 0 Å². The monoisotopic (exact) mass is 444 g/mol. The second-order valence-corrected chi connectivity index (χ2v) is 8.72. The van der Waals surface area contributed by atoms with E-state index in [1.165, 1.54) is 0 Å². The lowest BCUT2D eigenvalue weighted by molar-refractivity contribution is 0.229. The third kappa shape index (κ3) is 6.20. The molecule has 0 saturated heterocycles. The number of methoxy groups -OCH3 is 1. The minimum absolute atomic E-state index is 0.192. The van der Waals surface area contributed by atoms with Crippen molar-refractivity contribution in [3.8, 4) is 5.75 Å². The summed E-state index contributed by atoms with van der Waals surface area (Å²) in [4.78, 5) is 4.50. The number of benzene rings is 2. The van der Waals surface area contributed by atoms with Gasteiger partial charge in [-0.1, -0.05) is 42.5 Å². The Morgan fingerprint density at radius 1 is 0.968 bits per heavy atom. The summed E-state index contributed by atoms with van der Waals surface area (Å²) in [6.07, 6.45) is 1.22. The summed E-state index contributed by atoms with van der Waals surface area (Å²) in [5.41, 5.74) is 2.37. The lowest BCUT2D eigenvalue weighted by atomic mass is 10.1. The fourth-order valence-corrected chi connectivity index (χ4v) is 4.72. The number of aromatic nitrogens is 1. The van der Waals surface area contributed by atoms with E-state index < -0.39 is 7.60 Å². The quantitative estimate of drug-likeness (QED) is 0.401. The second-order valence-electron chi connectivity index (χ2n) is 6.78. The Morgan fingerprint density at radius 3 is 2.26 bits per heavy atom. The summed E-state index contributed by atoms with van der Waals surface area (Å²) in [6, 6.07) is 17.7. The molecular weight excluding hydrogens is 415 g/mol. The molecule has 1 N–H and O–H groups in total. The van der Waals surface area contributed by atoms with Crippen molar-refractivity contribution < 1.29 is 22.8 Å². The molecule has 0 unspecified atom stereocenters. The zero-order valence-electron chi connectivity index (χ0n) is 18.2. The van der Waals surface area contributed by atoms with Crippen molar-refractivity contribution in [2.45, 2.75) is 26.7 Å². The van der Waals surface area contributed by atoms with Gasteiger partial charge >= 0.3 is 7.60 Å². The SMILES string of the molecule is CCOP(=O)(OCC)c1nc(Cc2ccccc2)oc1NCCc1ccc(OC)cc1. The van der Waals surface area contributed by atoms with E-state index in [1.807, 2.05) is 54.6 Å². The average Bonchev–Trinajstić information content (AvgIpc) is 3.18. The van der Waals surface area contributed by atoms with Gasteiger partial charge in [-0.2, -0.15) is 0 Å². The summed E-state index contributed by atoms with van der Waals surface area (Å²) in [7, 11) is -1.96. The Morgan fingerprint density at radius 2 is 1.65 bits per heavy atom. The zero-order chi connectivity index (χ0) is 22.1. The van der Waals surface area contributed by atoms with Crippen LogP contribution in [-0.2, 0) is 26.5 Å². The molecule has 0 atom stereocenters. The molecule has 7 nitrogen and oxygen atoms in total. The van der Waals surface area contributed by atoms with E-state index in [-0.39, 0.29) is 18.6 Å². The molecule has 0 spiro atoms. The molecule has 0 amide bonds. The molecule has 166 valence electrons. The molecule has 0 aliphatic heterocycles. The first-order valence-corrected chi connectivity index (χ1v) is 11.9. The Kier molecular flexibility index (Phi) is 8.29. The molecule has 0 aliphatic carbocycles. The van der Waals surface area contributed by atoms with Crippen LogP contribution in [0.2, 0.25) is 0 Å². The molecular formula is C23H29N2O5P. The maximum absolute atomic E-state index is 13.4. The average molecular weight is 444 g/mol. The molecule has 8 heteroatoms. The van der Waals surface area contributed by atoms with E-state index in [4.69, 9.17) is 18.2 Å². The van der Waals surface area contributed by atoms with Gasteiger partial charge in [0.25, 0.3) is 0 Å². The highest BCUT2D eigenvalue weighted by Gasteiger charge is 2.35. The summed E-state index contributed by atoms with van der Waals surface area (Å²) >= 11 is 0. The van der Waals surface area contributed by atoms with Gasteiger partial charge in [-0.15, -0.1) is 0 Å². The van der Waals surface area contributed by atoms with Crippen LogP contribution < -0.4 is 15.5 Å². The molecule has 3 aromatic rings. The fourth-order valence-electron chi connectivity index (χ4n) is 3.11. The molecule has 0 bridgehead atoms. The minimum atomic E-state index is -3.60. The maximum atomic E-state index is 13.4. The highest BCUT2D eigenvalue weighted by atomic mass is 31.2. The van der Waals surface area contributed by atoms with Crippen molar-refractivity contribution in [1.29, 1.82) is 0 Å². The van der Waals surface area contributed by atoms with Crippen molar-refractivity contribution >= 4 is 18.9 Å². The number of anilines is 1. The van der Waals surface area contributed by atoms with Gasteiger partial charge in [-0.3, -0.25) is 4.57 Å². The van der Waals surface area contributed by atoms with Crippen LogP contribution in [0.1, 0.15) is 30.9 Å². The predicted octanol–water partition coefficient (Wildman–Crippen LogP) is 4.82. The van der Waals surface area contributed by atoms with Gasteiger partial charge < -0.3 is 23.5 Å². The van der Waals surface area contributed by atoms with Crippen LogP contribution in [0.3, 0.4) is 0 Å². The molecule has 2 aromatic carbocycles. The van der Waals surface area contributed by atoms with Crippen molar-refractivity contribution in [2.24, 2.45) is 0 Å². The summed E-state index contributed by atoms with van der Waals surface area (Å²) in [5.74, 6) is 1.59. The first-order chi connectivity index (χ1) is 15.1. The Labute approximate surface area is 183 Å². The molecule has 0 aliphatic rings. The predicted molar refractivity (Wildman–Crippen MR) is 121 cm³/mol. The molecule has 0 fully saturated rings. The van der Waals surface area contributed by atoms with E-state index in [2.05, 4.69) is 10.3 Å². The van der Waals surface area contributed by atoms with Crippen molar-refractivity contribution in [2.75, 3.05) is 32.2 Å². The molecule has 31 heavy (non-hydrogen) atoms. The first kappa shape index (κ1) is 23.1. The van der Waals surface area contributed by atoms with E-state index in [9.17, 15) is 4.57 Å². The van der Waals surface area contributed by atoms with Gasteiger partial charge in [0, 0.05) is 13.0 Å². The molecule has 1 aromatic heterocycles. The standard InChI is InChI=1S/C23H29N2O5P/c1-4-28-31(26,29-5-2)23-22(24-16-15-18-11-13-20(27-3)14-12-18)30-21(25-23)17-19-9-7-6-8-10-19/h6-14,24H,4-5,15-17H2,1-3H3. The van der Waals surface area contributed by atoms with Crippen LogP contribution in [0.4, 0.5) is 5.88 Å². The Hall–Kier alpha value is -2.60.